The summed E-state index contributed by atoms with van der Waals surface area (Å²) in [5.74, 6) is 0. The van der Waals surface area contributed by atoms with Gasteiger partial charge in [0.25, 0.3) is 0 Å². The summed E-state index contributed by atoms with van der Waals surface area (Å²) < 4.78 is 7.62. The smallest absolute Gasteiger partial charge is 0.0648 e. The second-order valence-electron chi connectivity index (χ2n) is 6.45. The molecular formula is C16H25N3O. The van der Waals surface area contributed by atoms with Gasteiger partial charge in [-0.25, -0.2) is 0 Å². The van der Waals surface area contributed by atoms with Crippen molar-refractivity contribution in [2.24, 2.45) is 12.5 Å². The van der Waals surface area contributed by atoms with Crippen molar-refractivity contribution in [2.45, 2.75) is 38.3 Å². The summed E-state index contributed by atoms with van der Waals surface area (Å²) in [6.45, 7) is 7.88. The first-order valence-electron chi connectivity index (χ1n) is 7.61. The zero-order valence-corrected chi connectivity index (χ0v) is 12.4. The Bertz CT molecular complexity index is 452. The van der Waals surface area contributed by atoms with E-state index in [0.717, 1.165) is 6.54 Å². The van der Waals surface area contributed by atoms with E-state index in [1.54, 1.807) is 0 Å². The fourth-order valence-corrected chi connectivity index (χ4v) is 3.63. The topological polar surface area (TPSA) is 30.3 Å². The third kappa shape index (κ3) is 2.96. The highest BCUT2D eigenvalue weighted by molar-refractivity contribution is 5.05. The first kappa shape index (κ1) is 13.8. The summed E-state index contributed by atoms with van der Waals surface area (Å²) in [4.78, 5) is 2.56. The molecule has 0 aromatic carbocycles. The van der Waals surface area contributed by atoms with Gasteiger partial charge in [-0.05, 0) is 44.2 Å². The average Bonchev–Trinajstić information content (AvgIpc) is 2.81. The molecule has 0 amide bonds. The Labute approximate surface area is 121 Å². The number of hydrogen-bond donors (Lipinski definition) is 0. The first-order valence-corrected chi connectivity index (χ1v) is 7.61. The first-order chi connectivity index (χ1) is 9.69. The van der Waals surface area contributed by atoms with E-state index in [2.05, 4.69) is 22.8 Å². The lowest BCUT2D eigenvalue weighted by Crippen LogP contribution is -2.49. The molecule has 2 aliphatic rings. The SMILES string of the molecule is C=CCOC1CC2(CCN(Cc3cnn(C)c3)CC2)C1. The summed E-state index contributed by atoms with van der Waals surface area (Å²) in [5.41, 5.74) is 1.90. The number of ether oxygens (including phenoxy) is 1. The highest BCUT2D eigenvalue weighted by Crippen LogP contribution is 2.50. The van der Waals surface area contributed by atoms with Crippen molar-refractivity contribution in [1.82, 2.24) is 14.7 Å². The zero-order valence-electron chi connectivity index (χ0n) is 12.4. The maximum absolute atomic E-state index is 5.74. The normalized spacial score (nSPS) is 22.9. The van der Waals surface area contributed by atoms with Crippen LogP contribution in [0.5, 0.6) is 0 Å². The summed E-state index contributed by atoms with van der Waals surface area (Å²) in [6.07, 6.45) is 11.6. The fraction of sp³-hybridized carbons (Fsp3) is 0.688. The van der Waals surface area contributed by atoms with Crippen LogP contribution in [0.2, 0.25) is 0 Å². The Morgan fingerprint density at radius 3 is 2.80 bits per heavy atom. The molecule has 4 nitrogen and oxygen atoms in total. The molecule has 1 aliphatic carbocycles. The molecule has 0 unspecified atom stereocenters. The maximum Gasteiger partial charge on any atom is 0.0648 e. The van der Waals surface area contributed by atoms with Crippen LogP contribution in [0.1, 0.15) is 31.2 Å². The third-order valence-corrected chi connectivity index (χ3v) is 4.85. The van der Waals surface area contributed by atoms with Gasteiger partial charge in [0.05, 0.1) is 18.9 Å². The zero-order chi connectivity index (χ0) is 14.0. The van der Waals surface area contributed by atoms with Gasteiger partial charge in [-0.15, -0.1) is 6.58 Å². The Hall–Kier alpha value is -1.13. The minimum atomic E-state index is 0.484. The molecule has 2 fully saturated rings. The van der Waals surface area contributed by atoms with Crippen LogP contribution in [-0.2, 0) is 18.3 Å². The number of likely N-dealkylation sites (tertiary alicyclic amines) is 1. The largest absolute Gasteiger partial charge is 0.374 e. The van der Waals surface area contributed by atoms with Gasteiger partial charge in [0.2, 0.25) is 0 Å². The van der Waals surface area contributed by atoms with Gasteiger partial charge < -0.3 is 4.74 Å². The molecule has 2 heterocycles. The van der Waals surface area contributed by atoms with E-state index in [1.165, 1.54) is 44.3 Å². The standard InChI is InChI=1S/C16H25N3O/c1-3-8-20-15-9-16(10-15)4-6-19(7-5-16)13-14-11-17-18(2)12-14/h3,11-12,15H,1,4-10,13H2,2H3. The summed E-state index contributed by atoms with van der Waals surface area (Å²) >= 11 is 0. The van der Waals surface area contributed by atoms with Gasteiger partial charge in [0.1, 0.15) is 0 Å². The molecule has 1 aliphatic heterocycles. The maximum atomic E-state index is 5.74. The number of aromatic nitrogens is 2. The Balaban J connectivity index is 1.43. The minimum absolute atomic E-state index is 0.484. The van der Waals surface area contributed by atoms with Crippen molar-refractivity contribution in [3.05, 3.63) is 30.6 Å². The molecule has 20 heavy (non-hydrogen) atoms. The third-order valence-electron chi connectivity index (χ3n) is 4.85. The molecule has 0 N–H and O–H groups in total. The van der Waals surface area contributed by atoms with E-state index in [9.17, 15) is 0 Å². The summed E-state index contributed by atoms with van der Waals surface area (Å²) in [7, 11) is 1.98. The molecule has 1 saturated heterocycles. The number of aryl methyl sites for hydroxylation is 1. The monoisotopic (exact) mass is 275 g/mol. The molecule has 110 valence electrons. The minimum Gasteiger partial charge on any atom is -0.374 e. The van der Waals surface area contributed by atoms with E-state index in [-0.39, 0.29) is 0 Å². The molecular weight excluding hydrogens is 250 g/mol. The van der Waals surface area contributed by atoms with E-state index in [4.69, 9.17) is 4.74 Å². The van der Waals surface area contributed by atoms with Crippen LogP contribution < -0.4 is 0 Å². The van der Waals surface area contributed by atoms with Crippen LogP contribution in [0, 0.1) is 5.41 Å². The van der Waals surface area contributed by atoms with E-state index in [0.29, 0.717) is 18.1 Å². The van der Waals surface area contributed by atoms with Crippen LogP contribution in [0.25, 0.3) is 0 Å². The second kappa shape index (κ2) is 5.70. The summed E-state index contributed by atoms with van der Waals surface area (Å²) in [6, 6.07) is 0. The van der Waals surface area contributed by atoms with Gasteiger partial charge in [-0.3, -0.25) is 9.58 Å². The predicted molar refractivity (Wildman–Crippen MR) is 79.3 cm³/mol. The molecule has 1 spiro atoms. The highest BCUT2D eigenvalue weighted by Gasteiger charge is 2.46. The summed E-state index contributed by atoms with van der Waals surface area (Å²) in [5, 5.41) is 4.24. The van der Waals surface area contributed by atoms with Crippen molar-refractivity contribution < 1.29 is 4.74 Å². The van der Waals surface area contributed by atoms with Gasteiger partial charge >= 0.3 is 0 Å². The van der Waals surface area contributed by atoms with E-state index in [1.807, 2.05) is 24.0 Å². The van der Waals surface area contributed by atoms with Crippen LogP contribution >= 0.6 is 0 Å². The van der Waals surface area contributed by atoms with Crippen molar-refractivity contribution >= 4 is 0 Å². The Morgan fingerprint density at radius 1 is 1.45 bits per heavy atom. The van der Waals surface area contributed by atoms with Crippen LogP contribution in [0.15, 0.2) is 25.0 Å². The van der Waals surface area contributed by atoms with Gasteiger partial charge in [-0.2, -0.15) is 5.10 Å². The molecule has 0 atom stereocenters. The molecule has 1 aromatic rings. The van der Waals surface area contributed by atoms with Gasteiger partial charge in [0.15, 0.2) is 0 Å². The van der Waals surface area contributed by atoms with Crippen molar-refractivity contribution in [1.29, 1.82) is 0 Å². The lowest BCUT2D eigenvalue weighted by Gasteiger charge is -2.51. The van der Waals surface area contributed by atoms with E-state index >= 15 is 0 Å². The van der Waals surface area contributed by atoms with Crippen LogP contribution in [-0.4, -0.2) is 40.5 Å². The molecule has 0 bridgehead atoms. The lowest BCUT2D eigenvalue weighted by atomic mass is 9.61. The van der Waals surface area contributed by atoms with Crippen LogP contribution in [0.4, 0.5) is 0 Å². The molecule has 4 heteroatoms. The van der Waals surface area contributed by atoms with Gasteiger partial charge in [-0.1, -0.05) is 6.08 Å². The average molecular weight is 275 g/mol. The Morgan fingerprint density at radius 2 is 2.20 bits per heavy atom. The quantitative estimate of drug-likeness (QED) is 0.773. The van der Waals surface area contributed by atoms with Crippen molar-refractivity contribution in [2.75, 3.05) is 19.7 Å². The van der Waals surface area contributed by atoms with Crippen molar-refractivity contribution in [3.8, 4) is 0 Å². The fourth-order valence-electron chi connectivity index (χ4n) is 3.63. The predicted octanol–water partition coefficient (Wildman–Crippen LogP) is 2.37. The molecule has 0 radical (unpaired) electrons. The van der Waals surface area contributed by atoms with E-state index < -0.39 is 0 Å². The van der Waals surface area contributed by atoms with Crippen LogP contribution in [0.3, 0.4) is 0 Å². The lowest BCUT2D eigenvalue weighted by molar-refractivity contribution is -0.0980. The highest BCUT2D eigenvalue weighted by atomic mass is 16.5. The second-order valence-corrected chi connectivity index (χ2v) is 6.45. The van der Waals surface area contributed by atoms with Gasteiger partial charge in [0, 0.05) is 25.4 Å². The number of piperidine rings is 1. The molecule has 3 rings (SSSR count). The molecule has 1 aromatic heterocycles. The number of nitrogens with zero attached hydrogens (tertiary/aromatic N) is 3. The number of rotatable bonds is 5. The molecule has 1 saturated carbocycles. The Kier molecular flexibility index (Phi) is 3.94. The van der Waals surface area contributed by atoms with Crippen molar-refractivity contribution in [3.63, 3.8) is 0 Å². The number of hydrogen-bond acceptors (Lipinski definition) is 3.